The molecule has 1 amide bonds. The van der Waals surface area contributed by atoms with E-state index < -0.39 is 0 Å². The lowest BCUT2D eigenvalue weighted by Crippen LogP contribution is -2.36. The standard InChI is InChI=1S/C18H23NO2/c1-13-15-11-7-8-12-16(15)21-17(13)18(20)19(2)14-9-5-3-4-6-10-14/h7-8,11-12,14H,3-6,9-10H2,1-2H3. The van der Waals surface area contributed by atoms with E-state index in [1.54, 1.807) is 0 Å². The molecule has 1 fully saturated rings. The van der Waals surface area contributed by atoms with Crippen LogP contribution in [0.15, 0.2) is 28.7 Å². The first-order chi connectivity index (χ1) is 10.2. The molecule has 0 atom stereocenters. The smallest absolute Gasteiger partial charge is 0.289 e. The number of carbonyl (C=O) groups excluding carboxylic acids is 1. The molecule has 1 aromatic heterocycles. The minimum absolute atomic E-state index is 0.0237. The van der Waals surface area contributed by atoms with Gasteiger partial charge in [-0.1, -0.05) is 43.9 Å². The van der Waals surface area contributed by atoms with E-state index in [1.165, 1.54) is 25.7 Å². The van der Waals surface area contributed by atoms with Gasteiger partial charge >= 0.3 is 0 Å². The number of rotatable bonds is 2. The number of carbonyl (C=O) groups is 1. The summed E-state index contributed by atoms with van der Waals surface area (Å²) < 4.78 is 5.81. The zero-order valence-corrected chi connectivity index (χ0v) is 12.9. The Morgan fingerprint density at radius 3 is 2.48 bits per heavy atom. The summed E-state index contributed by atoms with van der Waals surface area (Å²) in [4.78, 5) is 14.7. The first-order valence-electron chi connectivity index (χ1n) is 7.94. The van der Waals surface area contributed by atoms with Crippen LogP contribution in [-0.2, 0) is 0 Å². The van der Waals surface area contributed by atoms with E-state index in [0.29, 0.717) is 11.8 Å². The molecular weight excluding hydrogens is 262 g/mol. The average molecular weight is 285 g/mol. The molecule has 0 radical (unpaired) electrons. The number of hydrogen-bond acceptors (Lipinski definition) is 2. The summed E-state index contributed by atoms with van der Waals surface area (Å²) in [5.74, 6) is 0.526. The second kappa shape index (κ2) is 5.92. The van der Waals surface area contributed by atoms with Gasteiger partial charge in [-0.3, -0.25) is 4.79 Å². The molecule has 3 nitrogen and oxygen atoms in total. The Balaban J connectivity index is 1.87. The Kier molecular flexibility index (Phi) is 4.00. The summed E-state index contributed by atoms with van der Waals surface area (Å²) in [5, 5.41) is 1.04. The maximum atomic E-state index is 12.8. The highest BCUT2D eigenvalue weighted by molar-refractivity contribution is 5.98. The van der Waals surface area contributed by atoms with E-state index >= 15 is 0 Å². The maximum Gasteiger partial charge on any atom is 0.289 e. The maximum absolute atomic E-state index is 12.8. The van der Waals surface area contributed by atoms with Crippen LogP contribution in [0.1, 0.15) is 54.6 Å². The van der Waals surface area contributed by atoms with Crippen LogP contribution in [0.2, 0.25) is 0 Å². The van der Waals surface area contributed by atoms with E-state index in [0.717, 1.165) is 29.4 Å². The topological polar surface area (TPSA) is 33.5 Å². The molecular formula is C18H23NO2. The lowest BCUT2D eigenvalue weighted by atomic mass is 10.1. The van der Waals surface area contributed by atoms with E-state index in [4.69, 9.17) is 4.42 Å². The second-order valence-corrected chi connectivity index (χ2v) is 6.11. The van der Waals surface area contributed by atoms with Gasteiger partial charge in [-0.2, -0.15) is 0 Å². The Morgan fingerprint density at radius 2 is 1.81 bits per heavy atom. The third kappa shape index (κ3) is 2.69. The summed E-state index contributed by atoms with van der Waals surface area (Å²) in [6.07, 6.45) is 7.26. The van der Waals surface area contributed by atoms with Crippen molar-refractivity contribution in [1.29, 1.82) is 0 Å². The van der Waals surface area contributed by atoms with Crippen molar-refractivity contribution < 1.29 is 9.21 Å². The highest BCUT2D eigenvalue weighted by atomic mass is 16.3. The third-order valence-electron chi connectivity index (χ3n) is 4.73. The third-order valence-corrected chi connectivity index (χ3v) is 4.73. The molecule has 3 rings (SSSR count). The molecule has 1 aromatic carbocycles. The van der Waals surface area contributed by atoms with Gasteiger partial charge in [0, 0.05) is 24.0 Å². The number of aryl methyl sites for hydroxylation is 1. The average Bonchev–Trinajstić information content (AvgIpc) is 2.70. The molecule has 0 saturated heterocycles. The number of nitrogens with zero attached hydrogens (tertiary/aromatic N) is 1. The monoisotopic (exact) mass is 285 g/mol. The van der Waals surface area contributed by atoms with Gasteiger partial charge in [0.2, 0.25) is 0 Å². The number of hydrogen-bond donors (Lipinski definition) is 0. The molecule has 0 aliphatic heterocycles. The Labute approximate surface area is 125 Å². The van der Waals surface area contributed by atoms with Crippen molar-refractivity contribution in [1.82, 2.24) is 4.90 Å². The van der Waals surface area contributed by atoms with Crippen LogP contribution in [0.5, 0.6) is 0 Å². The van der Waals surface area contributed by atoms with Gasteiger partial charge in [0.05, 0.1) is 0 Å². The van der Waals surface area contributed by atoms with Gasteiger partial charge in [-0.15, -0.1) is 0 Å². The fourth-order valence-electron chi connectivity index (χ4n) is 3.35. The zero-order valence-electron chi connectivity index (χ0n) is 12.9. The van der Waals surface area contributed by atoms with Crippen molar-refractivity contribution in [2.75, 3.05) is 7.05 Å². The van der Waals surface area contributed by atoms with Crippen LogP contribution in [-0.4, -0.2) is 23.9 Å². The lowest BCUT2D eigenvalue weighted by Gasteiger charge is -2.26. The van der Waals surface area contributed by atoms with E-state index in [-0.39, 0.29) is 5.91 Å². The van der Waals surface area contributed by atoms with Crippen LogP contribution in [0.25, 0.3) is 11.0 Å². The Hall–Kier alpha value is -1.77. The first kappa shape index (κ1) is 14.2. The molecule has 0 unspecified atom stereocenters. The SMILES string of the molecule is Cc1c(C(=O)N(C)C2CCCCCC2)oc2ccccc12. The summed E-state index contributed by atoms with van der Waals surface area (Å²) in [5.41, 5.74) is 1.75. The van der Waals surface area contributed by atoms with Gasteiger partial charge < -0.3 is 9.32 Å². The van der Waals surface area contributed by atoms with Crippen LogP contribution in [0.3, 0.4) is 0 Å². The van der Waals surface area contributed by atoms with Crippen molar-refractivity contribution >= 4 is 16.9 Å². The molecule has 21 heavy (non-hydrogen) atoms. The number of amides is 1. The minimum atomic E-state index is 0.0237. The molecule has 0 bridgehead atoms. The number of furan rings is 1. The fourth-order valence-corrected chi connectivity index (χ4v) is 3.35. The van der Waals surface area contributed by atoms with E-state index in [2.05, 4.69) is 0 Å². The van der Waals surface area contributed by atoms with Crippen LogP contribution in [0, 0.1) is 6.92 Å². The van der Waals surface area contributed by atoms with Crippen molar-refractivity contribution in [2.45, 2.75) is 51.5 Å². The predicted molar refractivity (Wildman–Crippen MR) is 84.5 cm³/mol. The van der Waals surface area contributed by atoms with Crippen LogP contribution >= 0.6 is 0 Å². The van der Waals surface area contributed by atoms with Crippen LogP contribution < -0.4 is 0 Å². The van der Waals surface area contributed by atoms with Gasteiger partial charge in [0.15, 0.2) is 5.76 Å². The zero-order chi connectivity index (χ0) is 14.8. The van der Waals surface area contributed by atoms with Gasteiger partial charge in [-0.25, -0.2) is 0 Å². The van der Waals surface area contributed by atoms with Crippen LogP contribution in [0.4, 0.5) is 0 Å². The van der Waals surface area contributed by atoms with Gasteiger partial charge in [0.1, 0.15) is 5.58 Å². The quantitative estimate of drug-likeness (QED) is 0.759. The molecule has 112 valence electrons. The number of fused-ring (bicyclic) bond motifs is 1. The van der Waals surface area contributed by atoms with E-state index in [9.17, 15) is 4.79 Å². The molecule has 1 heterocycles. The largest absolute Gasteiger partial charge is 0.451 e. The number of para-hydroxylation sites is 1. The van der Waals surface area contributed by atoms with Gasteiger partial charge in [0.25, 0.3) is 5.91 Å². The predicted octanol–water partition coefficient (Wildman–Crippen LogP) is 4.54. The fraction of sp³-hybridized carbons (Fsp3) is 0.500. The molecule has 1 aliphatic rings. The van der Waals surface area contributed by atoms with E-state index in [1.807, 2.05) is 43.1 Å². The normalized spacial score (nSPS) is 16.9. The highest BCUT2D eigenvalue weighted by Gasteiger charge is 2.26. The molecule has 3 heteroatoms. The van der Waals surface area contributed by atoms with Crippen molar-refractivity contribution in [3.63, 3.8) is 0 Å². The van der Waals surface area contributed by atoms with Crippen molar-refractivity contribution in [3.05, 3.63) is 35.6 Å². The molecule has 1 aliphatic carbocycles. The minimum Gasteiger partial charge on any atom is -0.451 e. The van der Waals surface area contributed by atoms with Crippen molar-refractivity contribution in [3.8, 4) is 0 Å². The first-order valence-corrected chi connectivity index (χ1v) is 7.94. The van der Waals surface area contributed by atoms with Crippen molar-refractivity contribution in [2.24, 2.45) is 0 Å². The summed E-state index contributed by atoms with van der Waals surface area (Å²) >= 11 is 0. The summed E-state index contributed by atoms with van der Waals surface area (Å²) in [6, 6.07) is 8.21. The second-order valence-electron chi connectivity index (χ2n) is 6.11. The summed E-state index contributed by atoms with van der Waals surface area (Å²) in [7, 11) is 1.92. The Bertz CT molecular complexity index is 636. The number of benzene rings is 1. The molecule has 1 saturated carbocycles. The molecule has 0 N–H and O–H groups in total. The molecule has 2 aromatic rings. The highest BCUT2D eigenvalue weighted by Crippen LogP contribution is 2.28. The Morgan fingerprint density at radius 1 is 1.14 bits per heavy atom. The molecule has 0 spiro atoms. The van der Waals surface area contributed by atoms with Gasteiger partial charge in [-0.05, 0) is 25.8 Å². The lowest BCUT2D eigenvalue weighted by molar-refractivity contribution is 0.0687. The summed E-state index contributed by atoms with van der Waals surface area (Å²) in [6.45, 7) is 1.97.